The van der Waals surface area contributed by atoms with Crippen LogP contribution in [0.5, 0.6) is 0 Å². The van der Waals surface area contributed by atoms with Gasteiger partial charge in [0.05, 0.1) is 4.90 Å². The summed E-state index contributed by atoms with van der Waals surface area (Å²) in [5, 5.41) is 12.3. The van der Waals surface area contributed by atoms with E-state index in [0.29, 0.717) is 37.5 Å². The number of nitrogens with zero attached hydrogens (tertiary/aromatic N) is 3. The minimum Gasteiger partial charge on any atom is -0.355 e. The fourth-order valence-corrected chi connectivity index (χ4v) is 5.36. The molecule has 0 saturated carbocycles. The first-order valence-corrected chi connectivity index (χ1v) is 14.7. The van der Waals surface area contributed by atoms with Crippen molar-refractivity contribution in [2.75, 3.05) is 24.8 Å². The Morgan fingerprint density at radius 2 is 1.88 bits per heavy atom. The molecule has 0 aliphatic carbocycles. The first kappa shape index (κ1) is 26.7. The summed E-state index contributed by atoms with van der Waals surface area (Å²) < 4.78 is 30.0. The maximum atomic E-state index is 12.7. The molecule has 0 aliphatic rings. The van der Waals surface area contributed by atoms with Crippen molar-refractivity contribution < 1.29 is 13.2 Å². The second-order valence-corrected chi connectivity index (χ2v) is 11.2. The van der Waals surface area contributed by atoms with Crippen molar-refractivity contribution in [2.24, 2.45) is 5.92 Å². The summed E-state index contributed by atoms with van der Waals surface area (Å²) in [7, 11) is -3.77. The van der Waals surface area contributed by atoms with Crippen molar-refractivity contribution in [3.05, 3.63) is 36.2 Å². The number of nitrogens with one attached hydrogen (secondary N) is 2. The first-order valence-electron chi connectivity index (χ1n) is 10.6. The number of amides is 1. The van der Waals surface area contributed by atoms with Crippen LogP contribution >= 0.6 is 23.5 Å². The molecule has 0 aliphatic heterocycles. The second-order valence-electron chi connectivity index (χ2n) is 7.77. The largest absolute Gasteiger partial charge is 0.355 e. The standard InChI is InChI=1S/C21H33N5O3S3/c1-16(2)15-26-19(23-24-21(26)31-4)11-8-13-22-20(27)18(12-14-30-3)25-32(28,29)17-9-6-5-7-10-17/h5-7,9-10,16,18,25H,8,11-15H2,1-4H3,(H,22,27). The minimum atomic E-state index is -3.77. The Bertz CT molecular complexity index is 949. The minimum absolute atomic E-state index is 0.149. The average molecular weight is 500 g/mol. The van der Waals surface area contributed by atoms with Crippen LogP contribution in [-0.2, 0) is 27.8 Å². The van der Waals surface area contributed by atoms with Crippen LogP contribution in [0.3, 0.4) is 0 Å². The molecule has 32 heavy (non-hydrogen) atoms. The molecular weight excluding hydrogens is 466 g/mol. The van der Waals surface area contributed by atoms with Gasteiger partial charge in [0.15, 0.2) is 5.16 Å². The van der Waals surface area contributed by atoms with Gasteiger partial charge >= 0.3 is 0 Å². The van der Waals surface area contributed by atoms with Gasteiger partial charge in [-0.1, -0.05) is 43.8 Å². The van der Waals surface area contributed by atoms with E-state index < -0.39 is 16.1 Å². The summed E-state index contributed by atoms with van der Waals surface area (Å²) >= 11 is 3.14. The highest BCUT2D eigenvalue weighted by atomic mass is 32.2. The summed E-state index contributed by atoms with van der Waals surface area (Å²) in [6.07, 6.45) is 5.70. The van der Waals surface area contributed by atoms with Crippen molar-refractivity contribution in [1.29, 1.82) is 0 Å². The fourth-order valence-electron chi connectivity index (χ4n) is 3.12. The molecule has 0 fully saturated rings. The molecule has 1 unspecified atom stereocenters. The van der Waals surface area contributed by atoms with Gasteiger partial charge in [-0.25, -0.2) is 8.42 Å². The van der Waals surface area contributed by atoms with Gasteiger partial charge in [0, 0.05) is 19.5 Å². The molecule has 8 nitrogen and oxygen atoms in total. The number of rotatable bonds is 14. The summed E-state index contributed by atoms with van der Waals surface area (Å²) in [5.41, 5.74) is 0. The molecule has 1 aromatic heterocycles. The van der Waals surface area contributed by atoms with Gasteiger partial charge in [-0.15, -0.1) is 10.2 Å². The summed E-state index contributed by atoms with van der Waals surface area (Å²) in [6.45, 7) is 5.59. The smallest absolute Gasteiger partial charge is 0.241 e. The van der Waals surface area contributed by atoms with Gasteiger partial charge < -0.3 is 9.88 Å². The number of thioether (sulfide) groups is 2. The molecule has 0 spiro atoms. The van der Waals surface area contributed by atoms with Crippen molar-refractivity contribution in [3.8, 4) is 0 Å². The monoisotopic (exact) mass is 499 g/mol. The van der Waals surface area contributed by atoms with Gasteiger partial charge in [0.25, 0.3) is 0 Å². The third kappa shape index (κ3) is 8.09. The van der Waals surface area contributed by atoms with E-state index in [2.05, 4.69) is 38.7 Å². The highest BCUT2D eigenvalue weighted by molar-refractivity contribution is 7.98. The first-order chi connectivity index (χ1) is 15.3. The lowest BCUT2D eigenvalue weighted by Crippen LogP contribution is -2.47. The summed E-state index contributed by atoms with van der Waals surface area (Å²) in [4.78, 5) is 12.9. The van der Waals surface area contributed by atoms with Crippen LogP contribution in [0.2, 0.25) is 0 Å². The molecule has 1 amide bonds. The predicted octanol–water partition coefficient (Wildman–Crippen LogP) is 2.81. The second kappa shape index (κ2) is 13.2. The van der Waals surface area contributed by atoms with E-state index in [0.717, 1.165) is 17.5 Å². The predicted molar refractivity (Wildman–Crippen MR) is 132 cm³/mol. The lowest BCUT2D eigenvalue weighted by atomic mass is 10.2. The number of aryl methyl sites for hydroxylation is 1. The van der Waals surface area contributed by atoms with Gasteiger partial charge in [-0.2, -0.15) is 16.5 Å². The van der Waals surface area contributed by atoms with E-state index in [1.165, 1.54) is 12.1 Å². The van der Waals surface area contributed by atoms with Crippen LogP contribution in [0.1, 0.15) is 32.5 Å². The van der Waals surface area contributed by atoms with Crippen LogP contribution in [0.4, 0.5) is 0 Å². The molecule has 0 bridgehead atoms. The molecule has 0 saturated heterocycles. The number of sulfonamides is 1. The molecule has 178 valence electrons. The number of aromatic nitrogens is 3. The van der Waals surface area contributed by atoms with Gasteiger partial charge in [0.1, 0.15) is 11.9 Å². The third-order valence-corrected chi connectivity index (χ3v) is 7.48. The highest BCUT2D eigenvalue weighted by Crippen LogP contribution is 2.17. The van der Waals surface area contributed by atoms with Crippen molar-refractivity contribution in [3.63, 3.8) is 0 Å². The number of benzene rings is 1. The van der Waals surface area contributed by atoms with E-state index >= 15 is 0 Å². The molecule has 11 heteroatoms. The van der Waals surface area contributed by atoms with E-state index in [4.69, 9.17) is 0 Å². The Labute approximate surface area is 199 Å². The Hall–Kier alpha value is -1.56. The summed E-state index contributed by atoms with van der Waals surface area (Å²) in [6, 6.07) is 7.28. The zero-order chi connectivity index (χ0) is 23.6. The molecule has 0 radical (unpaired) electrons. The van der Waals surface area contributed by atoms with Crippen molar-refractivity contribution in [2.45, 2.75) is 55.7 Å². The lowest BCUT2D eigenvalue weighted by Gasteiger charge is -2.18. The van der Waals surface area contributed by atoms with Crippen LogP contribution in [0.25, 0.3) is 0 Å². The number of carbonyl (C=O) groups is 1. The molecule has 1 aromatic carbocycles. The quantitative estimate of drug-likeness (QED) is 0.304. The molecule has 2 N–H and O–H groups in total. The summed E-state index contributed by atoms with van der Waals surface area (Å²) in [5.74, 6) is 1.74. The molecule has 2 aromatic rings. The zero-order valence-corrected chi connectivity index (χ0v) is 21.5. The molecule has 1 heterocycles. The number of carbonyl (C=O) groups excluding carboxylic acids is 1. The molecule has 2 rings (SSSR count). The molecular formula is C21H33N5O3S3. The Morgan fingerprint density at radius 1 is 1.16 bits per heavy atom. The average Bonchev–Trinajstić information content (AvgIpc) is 3.15. The molecule has 1 atom stereocenters. The van der Waals surface area contributed by atoms with E-state index in [-0.39, 0.29) is 10.8 Å². The van der Waals surface area contributed by atoms with E-state index in [9.17, 15) is 13.2 Å². The van der Waals surface area contributed by atoms with Crippen LogP contribution < -0.4 is 10.0 Å². The van der Waals surface area contributed by atoms with Crippen molar-refractivity contribution >= 4 is 39.5 Å². The maximum Gasteiger partial charge on any atom is 0.241 e. The van der Waals surface area contributed by atoms with Crippen LogP contribution in [0.15, 0.2) is 40.4 Å². The van der Waals surface area contributed by atoms with E-state index in [1.807, 2.05) is 12.5 Å². The van der Waals surface area contributed by atoms with E-state index in [1.54, 1.807) is 41.7 Å². The van der Waals surface area contributed by atoms with Gasteiger partial charge in [-0.05, 0) is 49.2 Å². The Morgan fingerprint density at radius 3 is 2.50 bits per heavy atom. The topological polar surface area (TPSA) is 106 Å². The number of hydrogen-bond acceptors (Lipinski definition) is 7. The Balaban J connectivity index is 1.94. The SMILES string of the molecule is CSCCC(NS(=O)(=O)c1ccccc1)C(=O)NCCCc1nnc(SC)n1CC(C)C. The number of hydrogen-bond donors (Lipinski definition) is 2. The zero-order valence-electron chi connectivity index (χ0n) is 19.1. The van der Waals surface area contributed by atoms with Crippen LogP contribution in [0, 0.1) is 5.92 Å². The Kier molecular flexibility index (Phi) is 11.0. The van der Waals surface area contributed by atoms with Crippen molar-refractivity contribution in [1.82, 2.24) is 24.8 Å². The fraction of sp³-hybridized carbons (Fsp3) is 0.571. The maximum absolute atomic E-state index is 12.7. The van der Waals surface area contributed by atoms with Gasteiger partial charge in [0.2, 0.25) is 15.9 Å². The third-order valence-electron chi connectivity index (χ3n) is 4.68. The highest BCUT2D eigenvalue weighted by Gasteiger charge is 2.25. The normalized spacial score (nSPS) is 12.8. The van der Waals surface area contributed by atoms with Gasteiger partial charge in [-0.3, -0.25) is 4.79 Å². The van der Waals surface area contributed by atoms with Crippen LogP contribution in [-0.4, -0.2) is 59.9 Å². The lowest BCUT2D eigenvalue weighted by molar-refractivity contribution is -0.122.